The van der Waals surface area contributed by atoms with Gasteiger partial charge < -0.3 is 9.13 Å². The number of hydrogen-bond donors (Lipinski definition) is 0. The van der Waals surface area contributed by atoms with Gasteiger partial charge in [-0.2, -0.15) is 0 Å². The van der Waals surface area contributed by atoms with Crippen molar-refractivity contribution in [1.29, 1.82) is 0 Å². The first-order chi connectivity index (χ1) is 21.5. The summed E-state index contributed by atoms with van der Waals surface area (Å²) in [6.45, 7) is 2.26. The molecule has 0 saturated heterocycles. The van der Waals surface area contributed by atoms with Crippen LogP contribution in [0.15, 0.2) is 145 Å². The Bertz CT molecular complexity index is 1610. The third-order valence-electron chi connectivity index (χ3n) is 9.74. The highest BCUT2D eigenvalue weighted by Crippen LogP contribution is 2.66. The van der Waals surface area contributed by atoms with Crippen LogP contribution in [0, 0.1) is 5.92 Å². The van der Waals surface area contributed by atoms with E-state index < -0.39 is 19.4 Å². The van der Waals surface area contributed by atoms with Gasteiger partial charge in [-0.1, -0.05) is 152 Å². The van der Waals surface area contributed by atoms with E-state index >= 15 is 9.13 Å². The van der Waals surface area contributed by atoms with Crippen LogP contribution in [-0.2, 0) is 9.13 Å². The summed E-state index contributed by atoms with van der Waals surface area (Å²) in [4.78, 5) is 0. The van der Waals surface area contributed by atoms with Crippen LogP contribution in [0.5, 0.6) is 0 Å². The van der Waals surface area contributed by atoms with Gasteiger partial charge in [-0.05, 0) is 57.3 Å². The van der Waals surface area contributed by atoms with Crippen LogP contribution in [0.25, 0.3) is 0 Å². The second-order valence-electron chi connectivity index (χ2n) is 12.8. The van der Waals surface area contributed by atoms with Gasteiger partial charge >= 0.3 is 0 Å². The first-order valence-electron chi connectivity index (χ1n) is 16.2. The first-order valence-corrected chi connectivity index (χ1v) is 19.8. The minimum Gasteiger partial charge on any atom is -0.314 e. The molecule has 0 radical (unpaired) electrons. The molecular formula is C40H44O2P2. The summed E-state index contributed by atoms with van der Waals surface area (Å²) in [7, 11) is -6.18. The van der Waals surface area contributed by atoms with Gasteiger partial charge in [0, 0.05) is 27.4 Å². The third-order valence-corrected chi connectivity index (χ3v) is 17.0. The molecule has 0 aliphatic heterocycles. The average molecular weight is 619 g/mol. The fraction of sp³-hybridized carbons (Fsp3) is 0.300. The summed E-state index contributed by atoms with van der Waals surface area (Å²) in [5, 5.41) is 3.08. The zero-order valence-electron chi connectivity index (χ0n) is 25.9. The van der Waals surface area contributed by atoms with Crippen molar-refractivity contribution in [2.75, 3.05) is 6.16 Å². The molecule has 0 saturated carbocycles. The minimum absolute atomic E-state index is 0.0606. The summed E-state index contributed by atoms with van der Waals surface area (Å²) in [5.41, 5.74) is 2.79. The highest BCUT2D eigenvalue weighted by Gasteiger charge is 2.53. The first kappa shape index (κ1) is 30.8. The molecule has 0 spiro atoms. The minimum atomic E-state index is -3.23. The molecule has 6 rings (SSSR count). The molecule has 0 amide bonds. The molecular weight excluding hydrogens is 574 g/mol. The van der Waals surface area contributed by atoms with Crippen molar-refractivity contribution in [3.63, 3.8) is 0 Å². The van der Waals surface area contributed by atoms with E-state index in [0.717, 1.165) is 72.6 Å². The Kier molecular flexibility index (Phi) is 9.42. The lowest BCUT2D eigenvalue weighted by molar-refractivity contribution is 0.451. The highest BCUT2D eigenvalue weighted by atomic mass is 31.2. The third kappa shape index (κ3) is 5.92. The van der Waals surface area contributed by atoms with E-state index in [4.69, 9.17) is 0 Å². The molecule has 2 unspecified atom stereocenters. The molecule has 44 heavy (non-hydrogen) atoms. The smallest absolute Gasteiger partial charge is 0.153 e. The second kappa shape index (κ2) is 13.4. The highest BCUT2D eigenvalue weighted by molar-refractivity contribution is 7.80. The maximum Gasteiger partial charge on any atom is 0.153 e. The second-order valence-corrected chi connectivity index (χ2v) is 18.8. The molecule has 2 atom stereocenters. The molecule has 0 N–H and O–H groups in total. The summed E-state index contributed by atoms with van der Waals surface area (Å²) in [6, 6.07) is 40.6. The van der Waals surface area contributed by atoms with Crippen LogP contribution in [0.4, 0.5) is 0 Å². The fourth-order valence-electron chi connectivity index (χ4n) is 7.82. The van der Waals surface area contributed by atoms with Gasteiger partial charge in [0.1, 0.15) is 7.14 Å². The van der Waals surface area contributed by atoms with Crippen molar-refractivity contribution in [2.24, 2.45) is 5.92 Å². The van der Waals surface area contributed by atoms with Crippen molar-refractivity contribution in [2.45, 2.75) is 63.4 Å². The van der Waals surface area contributed by atoms with E-state index in [1.165, 1.54) is 11.1 Å². The van der Waals surface area contributed by atoms with Crippen LogP contribution in [0.1, 0.15) is 58.3 Å². The van der Waals surface area contributed by atoms with Gasteiger partial charge in [-0.3, -0.25) is 0 Å². The van der Waals surface area contributed by atoms with Crippen molar-refractivity contribution in [3.8, 4) is 0 Å². The van der Waals surface area contributed by atoms with Crippen molar-refractivity contribution in [1.82, 2.24) is 0 Å². The van der Waals surface area contributed by atoms with Crippen LogP contribution in [0.3, 0.4) is 0 Å². The molecule has 0 aromatic heterocycles. The van der Waals surface area contributed by atoms with E-state index in [0.29, 0.717) is 6.16 Å². The van der Waals surface area contributed by atoms with Gasteiger partial charge in [0.15, 0.2) is 7.14 Å². The van der Waals surface area contributed by atoms with Crippen LogP contribution < -0.4 is 21.2 Å². The fourth-order valence-corrected chi connectivity index (χ4v) is 14.9. The van der Waals surface area contributed by atoms with Crippen molar-refractivity contribution < 1.29 is 9.13 Å². The molecule has 226 valence electrons. The predicted octanol–water partition coefficient (Wildman–Crippen LogP) is 9.39. The SMILES string of the molecule is CC(CC(CC1=CCCC1)(C1=CCCC1)P(=O)(c1ccccc1)c1ccccc1)CP(=O)(c1ccccc1)c1ccccc1. The largest absolute Gasteiger partial charge is 0.314 e. The lowest BCUT2D eigenvalue weighted by Gasteiger charge is -2.45. The van der Waals surface area contributed by atoms with Crippen LogP contribution >= 0.6 is 14.3 Å². The Morgan fingerprint density at radius 1 is 0.614 bits per heavy atom. The summed E-state index contributed by atoms with van der Waals surface area (Å²) in [6.07, 6.45) is 13.3. The van der Waals surface area contributed by atoms with Crippen molar-refractivity contribution in [3.05, 3.63) is 145 Å². The zero-order chi connectivity index (χ0) is 30.5. The average Bonchev–Trinajstić information content (AvgIpc) is 3.81. The molecule has 0 heterocycles. The molecule has 4 heteroatoms. The number of benzene rings is 4. The van der Waals surface area contributed by atoms with E-state index in [9.17, 15) is 0 Å². The lowest BCUT2D eigenvalue weighted by atomic mass is 9.83. The maximum atomic E-state index is 16.5. The Balaban J connectivity index is 1.53. The van der Waals surface area contributed by atoms with Gasteiger partial charge in [0.2, 0.25) is 0 Å². The molecule has 2 aliphatic rings. The standard InChI is InChI=1S/C40H44O2P2/c1-33(32-43(41,36-22-6-2-7-23-36)37-24-8-3-9-25-37)30-40(35-20-16-17-21-35,31-34-18-14-15-19-34)44(42,38-26-10-4-11-27-38)39-28-12-5-13-29-39/h2-13,18,20,22-29,33H,14-17,19,21,30-32H2,1H3. The normalized spacial score (nSPS) is 17.5. The van der Waals surface area contributed by atoms with Gasteiger partial charge in [-0.15, -0.1) is 0 Å². The monoisotopic (exact) mass is 618 g/mol. The summed E-state index contributed by atoms with van der Waals surface area (Å²) < 4.78 is 31.8. The molecule has 2 nitrogen and oxygen atoms in total. The Hall–Kier alpha value is -3.18. The predicted molar refractivity (Wildman–Crippen MR) is 189 cm³/mol. The molecule has 4 aromatic rings. The van der Waals surface area contributed by atoms with E-state index in [1.54, 1.807) is 0 Å². The van der Waals surface area contributed by atoms with Crippen LogP contribution in [0.2, 0.25) is 0 Å². The Labute approximate surface area is 264 Å². The lowest BCUT2D eigenvalue weighted by Crippen LogP contribution is -2.42. The quantitative estimate of drug-likeness (QED) is 0.117. The number of allylic oxidation sites excluding steroid dienone is 4. The maximum absolute atomic E-state index is 16.5. The van der Waals surface area contributed by atoms with E-state index in [1.807, 2.05) is 97.1 Å². The Morgan fingerprint density at radius 2 is 1.07 bits per heavy atom. The van der Waals surface area contributed by atoms with Gasteiger partial charge in [0.25, 0.3) is 0 Å². The zero-order valence-corrected chi connectivity index (χ0v) is 27.6. The van der Waals surface area contributed by atoms with Gasteiger partial charge in [-0.25, -0.2) is 0 Å². The Morgan fingerprint density at radius 3 is 1.50 bits per heavy atom. The van der Waals surface area contributed by atoms with Crippen LogP contribution in [-0.4, -0.2) is 11.3 Å². The molecule has 2 aliphatic carbocycles. The van der Waals surface area contributed by atoms with Crippen molar-refractivity contribution >= 4 is 35.5 Å². The summed E-state index contributed by atoms with van der Waals surface area (Å²) >= 11 is 0. The summed E-state index contributed by atoms with van der Waals surface area (Å²) in [5.74, 6) is 0.0606. The van der Waals surface area contributed by atoms with E-state index in [2.05, 4.69) is 43.3 Å². The molecule has 0 bridgehead atoms. The molecule has 4 aromatic carbocycles. The topological polar surface area (TPSA) is 34.1 Å². The number of hydrogen-bond acceptors (Lipinski definition) is 2. The van der Waals surface area contributed by atoms with Gasteiger partial charge in [0.05, 0.1) is 5.16 Å². The molecule has 0 fully saturated rings. The van der Waals surface area contributed by atoms with E-state index in [-0.39, 0.29) is 5.92 Å². The number of rotatable bonds is 12.